The Morgan fingerprint density at radius 3 is 1.31 bits per heavy atom. The van der Waals surface area contributed by atoms with Gasteiger partial charge in [0.1, 0.15) is 0 Å². The number of hydrogen-bond donors (Lipinski definition) is 0. The van der Waals surface area contributed by atoms with Crippen LogP contribution in [-0.4, -0.2) is 9.52 Å². The van der Waals surface area contributed by atoms with Crippen LogP contribution in [-0.2, 0) is 44.5 Å². The fourth-order valence-electron chi connectivity index (χ4n) is 9.86. The van der Waals surface area contributed by atoms with Gasteiger partial charge >= 0.3 is 37.9 Å². The Bertz CT molecular complexity index is 3100. The molecule has 4 heteroatoms. The third kappa shape index (κ3) is 11.4. The van der Waals surface area contributed by atoms with Crippen molar-refractivity contribution in [2.45, 2.75) is 79.1 Å². The van der Waals surface area contributed by atoms with E-state index in [1.165, 1.54) is 110 Å². The van der Waals surface area contributed by atoms with Crippen LogP contribution in [0.25, 0.3) is 77.2 Å². The third-order valence-corrected chi connectivity index (χ3v) is 14.6. The summed E-state index contributed by atoms with van der Waals surface area (Å²) < 4.78 is 0. The van der Waals surface area contributed by atoms with Crippen molar-refractivity contribution in [2.24, 2.45) is 0 Å². The Labute approximate surface area is 439 Å². The normalized spacial score (nSPS) is 11.6. The number of benzene rings is 8. The van der Waals surface area contributed by atoms with Gasteiger partial charge in [0.2, 0.25) is 0 Å². The zero-order valence-corrected chi connectivity index (χ0v) is 46.7. The molecule has 0 aliphatic carbocycles. The fraction of sp³-hybridized carbons (Fsp3) is 0.182. The second-order valence-corrected chi connectivity index (χ2v) is 24.9. The molecule has 0 nitrogen and oxygen atoms in total. The average molecular weight is 1040 g/mol. The van der Waals surface area contributed by atoms with Gasteiger partial charge in [0.05, 0.1) is 9.52 Å². The predicted octanol–water partition coefficient (Wildman–Crippen LogP) is 18.0. The summed E-state index contributed by atoms with van der Waals surface area (Å²) in [5, 5.41) is 8.19. The summed E-state index contributed by atoms with van der Waals surface area (Å²) in [6, 6.07) is 76.0. The van der Waals surface area contributed by atoms with E-state index in [1.54, 1.807) is 0 Å². The molecule has 1 aliphatic rings. The summed E-state index contributed by atoms with van der Waals surface area (Å²) >= 11 is -0.826. The van der Waals surface area contributed by atoms with Gasteiger partial charge in [0.15, 0.2) is 0 Å². The Morgan fingerprint density at radius 1 is 0.471 bits per heavy atom. The molecule has 0 unspecified atom stereocenters. The zero-order chi connectivity index (χ0) is 49.4. The van der Waals surface area contributed by atoms with Gasteiger partial charge in [-0.05, 0) is 68.2 Å². The van der Waals surface area contributed by atoms with E-state index >= 15 is 0 Å². The van der Waals surface area contributed by atoms with E-state index in [4.69, 9.17) is 17.0 Å². The van der Waals surface area contributed by atoms with E-state index < -0.39 is 20.8 Å². The Morgan fingerprint density at radius 2 is 0.871 bits per heavy atom. The first-order valence-electron chi connectivity index (χ1n) is 24.4. The molecule has 0 N–H and O–H groups in total. The predicted molar refractivity (Wildman–Crippen MR) is 304 cm³/mol. The topological polar surface area (TPSA) is 0 Å². The summed E-state index contributed by atoms with van der Waals surface area (Å²) in [5.74, 6) is 0. The summed E-state index contributed by atoms with van der Waals surface area (Å²) in [4.78, 5) is 0. The van der Waals surface area contributed by atoms with Gasteiger partial charge in [-0.3, -0.25) is 0 Å². The van der Waals surface area contributed by atoms with Crippen LogP contribution in [0.5, 0.6) is 0 Å². The van der Waals surface area contributed by atoms with Crippen molar-refractivity contribution in [1.29, 1.82) is 0 Å². The minimum absolute atomic E-state index is 0.0918. The molecular weight excluding hydrogens is 983 g/mol. The minimum Gasteiger partial charge on any atom is -0.184 e. The summed E-state index contributed by atoms with van der Waals surface area (Å²) in [6.45, 7) is 18.4. The van der Waals surface area contributed by atoms with Crippen LogP contribution in [0.1, 0.15) is 77.6 Å². The van der Waals surface area contributed by atoms with Crippen molar-refractivity contribution in [2.75, 3.05) is 0 Å². The quantitative estimate of drug-likeness (QED) is 0.115. The average Bonchev–Trinajstić information content (AvgIpc) is 4.12. The largest absolute Gasteiger partial charge is 0.184 e. The second kappa shape index (κ2) is 22.8. The zero-order valence-electron chi connectivity index (χ0n) is 41.7. The summed E-state index contributed by atoms with van der Waals surface area (Å²) in [6.07, 6.45) is 2.09. The first kappa shape index (κ1) is 51.0. The van der Waals surface area contributed by atoms with Gasteiger partial charge in [-0.15, -0.1) is 74.6 Å². The molecular formula is C66H61Cl2SiZr-3. The molecule has 0 atom stereocenters. The fourth-order valence-corrected chi connectivity index (χ4v) is 11.2. The van der Waals surface area contributed by atoms with Crippen molar-refractivity contribution in [3.05, 3.63) is 229 Å². The standard InChI is InChI=1S/2C27H27.C12H7Si.2ClH.Zr/c2*1-5-19-11-9-10-14-23(19)26-24-18-22(20-12-7-6-8-13-20)17-21(24)15-16-25(26)27(2,3)4;1-3-7-11-9(5-1)10-6-2-4-8-12(10)13-11;;;/h2*6-18H,5H2,1-4H3;1-7H;2*1H;/q3*-1;;;+2/p-2. The number of fused-ring (bicyclic) bond motifs is 5. The van der Waals surface area contributed by atoms with E-state index in [2.05, 4.69) is 256 Å². The van der Waals surface area contributed by atoms with Crippen LogP contribution in [0.2, 0.25) is 0 Å². The second-order valence-electron chi connectivity index (χ2n) is 19.9. The SMILES string of the molecule is CCc1ccccc1-c1c(C(C)(C)C)ccc2[cH-]c(-c3ccccc3)cc12.CCc1ccccc1-c1c(C(C)(C)C)ccc2[cH-]c(-c3ccccc3)cc12.[Cl][Zr][Cl].[c-]1cccc2c1[Si]c1ccccc1-2. The van der Waals surface area contributed by atoms with Crippen LogP contribution < -0.4 is 10.4 Å². The van der Waals surface area contributed by atoms with E-state index in [1.807, 2.05) is 6.07 Å². The molecule has 1 heterocycles. The van der Waals surface area contributed by atoms with Crippen molar-refractivity contribution in [3.8, 4) is 55.6 Å². The van der Waals surface area contributed by atoms with Crippen LogP contribution >= 0.6 is 17.0 Å². The number of aryl methyl sites for hydroxylation is 2. The number of halogens is 2. The monoisotopic (exact) mass is 1040 g/mol. The molecule has 0 amide bonds. The Balaban J connectivity index is 0.000000144. The van der Waals surface area contributed by atoms with Crippen molar-refractivity contribution in [3.63, 3.8) is 0 Å². The molecule has 70 heavy (non-hydrogen) atoms. The Kier molecular flexibility index (Phi) is 16.6. The molecule has 0 fully saturated rings. The maximum absolute atomic E-state index is 4.93. The number of hydrogen-bond acceptors (Lipinski definition) is 0. The smallest absolute Gasteiger partial charge is 0.0920 e. The molecule has 0 aromatic heterocycles. The van der Waals surface area contributed by atoms with E-state index in [9.17, 15) is 0 Å². The minimum atomic E-state index is -0.826. The van der Waals surface area contributed by atoms with Crippen molar-refractivity contribution in [1.82, 2.24) is 0 Å². The van der Waals surface area contributed by atoms with Gasteiger partial charge in [-0.25, -0.2) is 0 Å². The van der Waals surface area contributed by atoms with Gasteiger partial charge < -0.3 is 0 Å². The molecule has 0 spiro atoms. The number of rotatable bonds is 6. The summed E-state index contributed by atoms with van der Waals surface area (Å²) in [7, 11) is 10.7. The van der Waals surface area contributed by atoms with Crippen molar-refractivity contribution < 1.29 is 20.8 Å². The van der Waals surface area contributed by atoms with Crippen molar-refractivity contribution >= 4 is 58.5 Å². The first-order chi connectivity index (χ1) is 33.8. The molecule has 0 saturated carbocycles. The maximum atomic E-state index is 4.93. The maximum Gasteiger partial charge on any atom is 0.0920 e. The van der Waals surface area contributed by atoms with Crippen LogP contribution in [0.3, 0.4) is 0 Å². The van der Waals surface area contributed by atoms with Gasteiger partial charge in [0.25, 0.3) is 0 Å². The molecule has 1 aliphatic heterocycles. The summed E-state index contributed by atoms with van der Waals surface area (Å²) in [5.41, 5.74) is 19.3. The molecule has 0 saturated heterocycles. The third-order valence-electron chi connectivity index (χ3n) is 13.3. The van der Waals surface area contributed by atoms with Crippen LogP contribution in [0.15, 0.2) is 200 Å². The van der Waals surface area contributed by atoms with Gasteiger partial charge in [-0.1, -0.05) is 223 Å². The van der Waals surface area contributed by atoms with Gasteiger partial charge in [0, 0.05) is 0 Å². The van der Waals surface area contributed by atoms with E-state index in [0.29, 0.717) is 0 Å². The molecule has 0 bridgehead atoms. The Hall–Kier alpha value is -5.34. The van der Waals surface area contributed by atoms with Gasteiger partial charge in [-0.2, -0.15) is 29.5 Å². The van der Waals surface area contributed by atoms with E-state index in [0.717, 1.165) is 22.4 Å². The molecule has 11 rings (SSSR count). The van der Waals surface area contributed by atoms with E-state index in [-0.39, 0.29) is 10.8 Å². The molecule has 2 radical (unpaired) electrons. The van der Waals surface area contributed by atoms with Crippen LogP contribution in [0, 0.1) is 6.07 Å². The molecule has 10 aromatic carbocycles. The first-order valence-corrected chi connectivity index (χ1v) is 31.8. The molecule has 350 valence electrons. The van der Waals surface area contributed by atoms with Crippen LogP contribution in [0.4, 0.5) is 0 Å². The molecule has 10 aromatic rings.